The maximum Gasteiger partial charge on any atom is 0.415 e. The highest BCUT2D eigenvalue weighted by atomic mass is 32.2. The molecule has 1 atom stereocenters. The van der Waals surface area contributed by atoms with Crippen LogP contribution in [0.3, 0.4) is 0 Å². The number of halogens is 3. The van der Waals surface area contributed by atoms with Gasteiger partial charge in [-0.25, -0.2) is 0 Å². The molecule has 2 nitrogen and oxygen atoms in total. The van der Waals surface area contributed by atoms with Crippen molar-refractivity contribution in [3.05, 3.63) is 23.7 Å². The van der Waals surface area contributed by atoms with Crippen molar-refractivity contribution < 1.29 is 22.7 Å². The monoisotopic (exact) mass is 240 g/mol. The molecule has 0 aromatic carbocycles. The number of thioether (sulfide) groups is 1. The van der Waals surface area contributed by atoms with E-state index in [9.17, 15) is 13.2 Å². The highest BCUT2D eigenvalue weighted by molar-refractivity contribution is 7.98. The zero-order valence-electron chi connectivity index (χ0n) is 8.04. The van der Waals surface area contributed by atoms with Crippen molar-refractivity contribution in [2.75, 3.05) is 5.75 Å². The molecule has 0 fully saturated rings. The summed E-state index contributed by atoms with van der Waals surface area (Å²) in [5.74, 6) is 0.615. The van der Waals surface area contributed by atoms with Crippen LogP contribution in [0.1, 0.15) is 11.3 Å². The number of aliphatic hydroxyl groups is 1. The van der Waals surface area contributed by atoms with Gasteiger partial charge in [0.25, 0.3) is 0 Å². The number of alkyl halides is 3. The van der Waals surface area contributed by atoms with E-state index in [-0.39, 0.29) is 5.75 Å². The summed E-state index contributed by atoms with van der Waals surface area (Å²) < 4.78 is 40.8. The Labute approximate surface area is 89.5 Å². The van der Waals surface area contributed by atoms with Crippen molar-refractivity contribution in [3.63, 3.8) is 0 Å². The van der Waals surface area contributed by atoms with Gasteiger partial charge in [-0.2, -0.15) is 24.9 Å². The van der Waals surface area contributed by atoms with E-state index in [1.807, 2.05) is 6.92 Å². The Morgan fingerprint density at radius 2 is 2.20 bits per heavy atom. The second-order valence-corrected chi connectivity index (χ2v) is 4.13. The van der Waals surface area contributed by atoms with Crippen molar-refractivity contribution in [1.29, 1.82) is 0 Å². The quantitative estimate of drug-likeness (QED) is 0.878. The third-order valence-electron chi connectivity index (χ3n) is 1.85. The summed E-state index contributed by atoms with van der Waals surface area (Å²) in [6.45, 7) is 1.82. The SMILES string of the molecule is Cc1ccoc1CSCC(O)C(F)(F)F. The fourth-order valence-electron chi connectivity index (χ4n) is 0.910. The lowest BCUT2D eigenvalue weighted by molar-refractivity contribution is -0.195. The summed E-state index contributed by atoms with van der Waals surface area (Å²) in [4.78, 5) is 0. The predicted octanol–water partition coefficient (Wildman–Crippen LogP) is 2.74. The average Bonchev–Trinajstić information content (AvgIpc) is 2.50. The molecule has 0 bridgehead atoms. The molecule has 0 aliphatic rings. The van der Waals surface area contributed by atoms with Gasteiger partial charge in [0.1, 0.15) is 5.76 Å². The first-order valence-electron chi connectivity index (χ1n) is 4.26. The molecule has 0 spiro atoms. The van der Waals surface area contributed by atoms with Crippen molar-refractivity contribution in [3.8, 4) is 0 Å². The summed E-state index contributed by atoms with van der Waals surface area (Å²) in [6, 6.07) is 1.75. The van der Waals surface area contributed by atoms with E-state index < -0.39 is 12.3 Å². The molecule has 6 heteroatoms. The zero-order valence-corrected chi connectivity index (χ0v) is 8.86. The van der Waals surface area contributed by atoms with Crippen LogP contribution in [0.5, 0.6) is 0 Å². The smallest absolute Gasteiger partial charge is 0.415 e. The van der Waals surface area contributed by atoms with Gasteiger partial charge in [-0.1, -0.05) is 0 Å². The molecule has 1 aromatic heterocycles. The van der Waals surface area contributed by atoms with Crippen LogP contribution in [0.4, 0.5) is 13.2 Å². The lowest BCUT2D eigenvalue weighted by Crippen LogP contribution is -2.30. The first-order valence-corrected chi connectivity index (χ1v) is 5.42. The van der Waals surface area contributed by atoms with Crippen LogP contribution in [0.25, 0.3) is 0 Å². The Morgan fingerprint density at radius 3 is 2.67 bits per heavy atom. The van der Waals surface area contributed by atoms with Gasteiger partial charge in [0.15, 0.2) is 6.10 Å². The summed E-state index contributed by atoms with van der Waals surface area (Å²) in [5, 5.41) is 8.71. The van der Waals surface area contributed by atoms with Crippen LogP contribution < -0.4 is 0 Å². The Bertz CT molecular complexity index is 309. The third kappa shape index (κ3) is 3.79. The van der Waals surface area contributed by atoms with E-state index in [1.54, 1.807) is 6.07 Å². The fourth-order valence-corrected chi connectivity index (χ4v) is 1.92. The molecule has 0 amide bonds. The van der Waals surface area contributed by atoms with Crippen molar-refractivity contribution in [2.45, 2.75) is 25.0 Å². The molecular formula is C9H11F3O2S. The van der Waals surface area contributed by atoms with Gasteiger partial charge in [-0.15, -0.1) is 0 Å². The van der Waals surface area contributed by atoms with Crippen LogP contribution >= 0.6 is 11.8 Å². The van der Waals surface area contributed by atoms with Gasteiger partial charge < -0.3 is 9.52 Å². The molecule has 0 saturated carbocycles. The van der Waals surface area contributed by atoms with E-state index in [4.69, 9.17) is 9.52 Å². The second kappa shape index (κ2) is 4.94. The maximum absolute atomic E-state index is 11.9. The molecule has 86 valence electrons. The van der Waals surface area contributed by atoms with Crippen molar-refractivity contribution in [1.82, 2.24) is 0 Å². The minimum Gasteiger partial charge on any atom is -0.468 e. The van der Waals surface area contributed by atoms with Crippen LogP contribution in [-0.2, 0) is 5.75 Å². The van der Waals surface area contributed by atoms with Crippen LogP contribution in [0.15, 0.2) is 16.7 Å². The van der Waals surface area contributed by atoms with Gasteiger partial charge >= 0.3 is 6.18 Å². The molecule has 0 aliphatic heterocycles. The van der Waals surface area contributed by atoms with E-state index in [0.29, 0.717) is 11.5 Å². The van der Waals surface area contributed by atoms with Crippen LogP contribution in [0, 0.1) is 6.92 Å². The summed E-state index contributed by atoms with van der Waals surface area (Å²) in [7, 11) is 0. The summed E-state index contributed by atoms with van der Waals surface area (Å²) in [5.41, 5.74) is 0.906. The molecular weight excluding hydrogens is 229 g/mol. The second-order valence-electron chi connectivity index (χ2n) is 3.10. The van der Waals surface area contributed by atoms with Crippen molar-refractivity contribution >= 4 is 11.8 Å². The molecule has 1 heterocycles. The molecule has 1 rings (SSSR count). The maximum atomic E-state index is 11.9. The van der Waals surface area contributed by atoms with Crippen molar-refractivity contribution in [2.24, 2.45) is 0 Å². The molecule has 0 aliphatic carbocycles. The molecule has 1 unspecified atom stereocenters. The van der Waals surface area contributed by atoms with E-state index >= 15 is 0 Å². The Hall–Kier alpha value is -0.620. The minimum absolute atomic E-state index is 0.339. The molecule has 1 N–H and O–H groups in total. The highest BCUT2D eigenvalue weighted by Crippen LogP contribution is 2.25. The Balaban J connectivity index is 2.31. The third-order valence-corrected chi connectivity index (χ3v) is 2.87. The van der Waals surface area contributed by atoms with Gasteiger partial charge in [0.2, 0.25) is 0 Å². The van der Waals surface area contributed by atoms with Gasteiger partial charge in [0, 0.05) is 5.75 Å². The lowest BCUT2D eigenvalue weighted by atomic mass is 10.3. The summed E-state index contributed by atoms with van der Waals surface area (Å²) >= 11 is 0.996. The lowest BCUT2D eigenvalue weighted by Gasteiger charge is -2.13. The highest BCUT2D eigenvalue weighted by Gasteiger charge is 2.37. The standard InChI is InChI=1S/C9H11F3O2S/c1-6-2-3-14-7(6)4-15-5-8(13)9(10,11)12/h2-3,8,13H,4-5H2,1H3. The largest absolute Gasteiger partial charge is 0.468 e. The molecule has 15 heavy (non-hydrogen) atoms. The number of aryl methyl sites for hydroxylation is 1. The Morgan fingerprint density at radius 1 is 1.53 bits per heavy atom. The predicted molar refractivity (Wildman–Crippen MR) is 51.7 cm³/mol. The number of hydrogen-bond donors (Lipinski definition) is 1. The average molecular weight is 240 g/mol. The number of aliphatic hydroxyl groups excluding tert-OH is 1. The minimum atomic E-state index is -4.54. The topological polar surface area (TPSA) is 33.4 Å². The van der Waals surface area contributed by atoms with Gasteiger partial charge in [-0.3, -0.25) is 0 Å². The van der Waals surface area contributed by atoms with Crippen LogP contribution in [0.2, 0.25) is 0 Å². The van der Waals surface area contributed by atoms with E-state index in [2.05, 4.69) is 0 Å². The van der Waals surface area contributed by atoms with Crippen LogP contribution in [-0.4, -0.2) is 23.1 Å². The summed E-state index contributed by atoms with van der Waals surface area (Å²) in [6.07, 6.45) is -5.31. The number of hydrogen-bond acceptors (Lipinski definition) is 3. The van der Waals surface area contributed by atoms with Gasteiger partial charge in [-0.05, 0) is 18.6 Å². The zero-order chi connectivity index (χ0) is 11.5. The number of furan rings is 1. The molecule has 1 aromatic rings. The Kier molecular flexibility index (Phi) is 4.10. The van der Waals surface area contributed by atoms with Gasteiger partial charge in [0.05, 0.1) is 12.0 Å². The normalized spacial score (nSPS) is 14.2. The first-order chi connectivity index (χ1) is 6.91. The van der Waals surface area contributed by atoms with E-state index in [1.165, 1.54) is 6.26 Å². The number of rotatable bonds is 4. The molecule has 0 radical (unpaired) electrons. The fraction of sp³-hybridized carbons (Fsp3) is 0.556. The first kappa shape index (κ1) is 12.4. The van der Waals surface area contributed by atoms with E-state index in [0.717, 1.165) is 17.3 Å². The molecule has 0 saturated heterocycles.